The molecular weight excluding hydrogens is 140 g/mol. The summed E-state index contributed by atoms with van der Waals surface area (Å²) in [7, 11) is 0. The van der Waals surface area contributed by atoms with Crippen LogP contribution in [0, 0.1) is 0 Å². The van der Waals surface area contributed by atoms with E-state index in [0.29, 0.717) is 13.2 Å². The standard InChI is InChI=1S/C9H16O2/c1-3-9(4-2)10-7-5-6-8-11-9/h5-6H,3-4,7-8H2,1-2H3. The molecule has 0 spiro atoms. The Bertz CT molecular complexity index is 124. The van der Waals surface area contributed by atoms with Gasteiger partial charge in [0, 0.05) is 0 Å². The van der Waals surface area contributed by atoms with Crippen LogP contribution in [-0.4, -0.2) is 19.0 Å². The Kier molecular flexibility index (Phi) is 3.09. The van der Waals surface area contributed by atoms with E-state index < -0.39 is 0 Å². The second-order valence-corrected chi connectivity index (χ2v) is 2.71. The molecule has 0 saturated carbocycles. The summed E-state index contributed by atoms with van der Waals surface area (Å²) in [6, 6.07) is 0. The van der Waals surface area contributed by atoms with Crippen molar-refractivity contribution < 1.29 is 9.47 Å². The molecule has 1 aliphatic rings. The zero-order chi connectivity index (χ0) is 8.16. The average Bonchev–Trinajstić information content (AvgIpc) is 2.30. The van der Waals surface area contributed by atoms with Crippen molar-refractivity contribution >= 4 is 0 Å². The fraction of sp³-hybridized carbons (Fsp3) is 0.778. The Morgan fingerprint density at radius 2 is 1.55 bits per heavy atom. The molecule has 0 fully saturated rings. The zero-order valence-electron chi connectivity index (χ0n) is 7.30. The largest absolute Gasteiger partial charge is 0.346 e. The molecule has 1 heterocycles. The fourth-order valence-electron chi connectivity index (χ4n) is 1.24. The summed E-state index contributed by atoms with van der Waals surface area (Å²) in [4.78, 5) is 0. The minimum absolute atomic E-state index is 0.316. The van der Waals surface area contributed by atoms with Crippen LogP contribution in [0.3, 0.4) is 0 Å². The maximum absolute atomic E-state index is 5.58. The molecular formula is C9H16O2. The van der Waals surface area contributed by atoms with Gasteiger partial charge >= 0.3 is 0 Å². The van der Waals surface area contributed by atoms with Gasteiger partial charge in [-0.05, 0) is 12.8 Å². The molecule has 1 rings (SSSR count). The van der Waals surface area contributed by atoms with Crippen LogP contribution in [0.15, 0.2) is 12.2 Å². The van der Waals surface area contributed by atoms with E-state index in [-0.39, 0.29) is 5.79 Å². The smallest absolute Gasteiger partial charge is 0.168 e. The zero-order valence-corrected chi connectivity index (χ0v) is 7.30. The second kappa shape index (κ2) is 3.88. The molecule has 1 aliphatic heterocycles. The first-order valence-corrected chi connectivity index (χ1v) is 4.26. The highest BCUT2D eigenvalue weighted by molar-refractivity contribution is 4.86. The molecule has 0 bridgehead atoms. The van der Waals surface area contributed by atoms with Gasteiger partial charge in [0.15, 0.2) is 5.79 Å². The average molecular weight is 156 g/mol. The third kappa shape index (κ3) is 2.04. The highest BCUT2D eigenvalue weighted by Gasteiger charge is 2.27. The molecule has 0 atom stereocenters. The Morgan fingerprint density at radius 3 is 1.91 bits per heavy atom. The van der Waals surface area contributed by atoms with Crippen LogP contribution in [0.4, 0.5) is 0 Å². The maximum atomic E-state index is 5.58. The molecule has 0 aromatic carbocycles. The van der Waals surface area contributed by atoms with Crippen LogP contribution >= 0.6 is 0 Å². The predicted molar refractivity (Wildman–Crippen MR) is 44.4 cm³/mol. The van der Waals surface area contributed by atoms with Crippen molar-refractivity contribution in [2.75, 3.05) is 13.2 Å². The van der Waals surface area contributed by atoms with Gasteiger partial charge in [0.25, 0.3) is 0 Å². The van der Waals surface area contributed by atoms with Crippen LogP contribution in [-0.2, 0) is 9.47 Å². The van der Waals surface area contributed by atoms with Crippen LogP contribution in [0.25, 0.3) is 0 Å². The van der Waals surface area contributed by atoms with Gasteiger partial charge in [0.2, 0.25) is 0 Å². The molecule has 0 unspecified atom stereocenters. The Balaban J connectivity index is 2.53. The first-order chi connectivity index (χ1) is 5.33. The molecule has 11 heavy (non-hydrogen) atoms. The number of ether oxygens (including phenoxy) is 2. The van der Waals surface area contributed by atoms with Gasteiger partial charge < -0.3 is 9.47 Å². The summed E-state index contributed by atoms with van der Waals surface area (Å²) in [5.74, 6) is -0.316. The molecule has 2 nitrogen and oxygen atoms in total. The normalized spacial score (nSPS) is 23.1. The van der Waals surface area contributed by atoms with E-state index in [1.165, 1.54) is 0 Å². The third-order valence-electron chi connectivity index (χ3n) is 2.13. The molecule has 64 valence electrons. The SMILES string of the molecule is CCC1(CC)OCC=CCO1. The van der Waals surface area contributed by atoms with Crippen LogP contribution in [0.1, 0.15) is 26.7 Å². The van der Waals surface area contributed by atoms with Gasteiger partial charge in [-0.1, -0.05) is 26.0 Å². The Morgan fingerprint density at radius 1 is 1.09 bits per heavy atom. The summed E-state index contributed by atoms with van der Waals surface area (Å²) in [6.07, 6.45) is 5.86. The van der Waals surface area contributed by atoms with Gasteiger partial charge in [-0.25, -0.2) is 0 Å². The van der Waals surface area contributed by atoms with Gasteiger partial charge in [-0.2, -0.15) is 0 Å². The van der Waals surface area contributed by atoms with Crippen molar-refractivity contribution in [2.45, 2.75) is 32.5 Å². The van der Waals surface area contributed by atoms with Crippen LogP contribution in [0.5, 0.6) is 0 Å². The van der Waals surface area contributed by atoms with E-state index in [9.17, 15) is 0 Å². The van der Waals surface area contributed by atoms with Gasteiger partial charge in [0.1, 0.15) is 0 Å². The molecule has 0 N–H and O–H groups in total. The van der Waals surface area contributed by atoms with Crippen molar-refractivity contribution in [3.8, 4) is 0 Å². The van der Waals surface area contributed by atoms with E-state index in [4.69, 9.17) is 9.47 Å². The van der Waals surface area contributed by atoms with Crippen molar-refractivity contribution in [1.82, 2.24) is 0 Å². The highest BCUT2D eigenvalue weighted by atomic mass is 16.7. The quantitative estimate of drug-likeness (QED) is 0.570. The van der Waals surface area contributed by atoms with E-state index in [2.05, 4.69) is 13.8 Å². The molecule has 0 amide bonds. The molecule has 0 aliphatic carbocycles. The summed E-state index contributed by atoms with van der Waals surface area (Å²) in [5, 5.41) is 0. The molecule has 0 saturated heterocycles. The molecule has 2 heteroatoms. The van der Waals surface area contributed by atoms with Gasteiger partial charge in [0.05, 0.1) is 13.2 Å². The lowest BCUT2D eigenvalue weighted by Gasteiger charge is -2.29. The van der Waals surface area contributed by atoms with Crippen molar-refractivity contribution in [1.29, 1.82) is 0 Å². The van der Waals surface area contributed by atoms with E-state index in [1.54, 1.807) is 0 Å². The lowest BCUT2D eigenvalue weighted by atomic mass is 10.1. The number of hydrogen-bond acceptors (Lipinski definition) is 2. The van der Waals surface area contributed by atoms with Crippen molar-refractivity contribution in [3.05, 3.63) is 12.2 Å². The minimum Gasteiger partial charge on any atom is -0.346 e. The molecule has 0 aromatic rings. The van der Waals surface area contributed by atoms with E-state index in [1.807, 2.05) is 12.2 Å². The monoisotopic (exact) mass is 156 g/mol. The summed E-state index contributed by atoms with van der Waals surface area (Å²) >= 11 is 0. The first-order valence-electron chi connectivity index (χ1n) is 4.26. The molecule has 0 aromatic heterocycles. The minimum atomic E-state index is -0.316. The van der Waals surface area contributed by atoms with Gasteiger partial charge in [-0.15, -0.1) is 0 Å². The summed E-state index contributed by atoms with van der Waals surface area (Å²) in [5.41, 5.74) is 0. The van der Waals surface area contributed by atoms with Crippen molar-refractivity contribution in [3.63, 3.8) is 0 Å². The Labute approximate surface area is 68.2 Å². The van der Waals surface area contributed by atoms with E-state index in [0.717, 1.165) is 12.8 Å². The number of hydrogen-bond donors (Lipinski definition) is 0. The third-order valence-corrected chi connectivity index (χ3v) is 2.13. The topological polar surface area (TPSA) is 18.5 Å². The lowest BCUT2D eigenvalue weighted by molar-refractivity contribution is -0.225. The summed E-state index contributed by atoms with van der Waals surface area (Å²) < 4.78 is 11.2. The summed E-state index contributed by atoms with van der Waals surface area (Å²) in [6.45, 7) is 5.55. The van der Waals surface area contributed by atoms with Crippen LogP contribution < -0.4 is 0 Å². The first kappa shape index (κ1) is 8.75. The van der Waals surface area contributed by atoms with Crippen LogP contribution in [0.2, 0.25) is 0 Å². The van der Waals surface area contributed by atoms with Crippen molar-refractivity contribution in [2.24, 2.45) is 0 Å². The maximum Gasteiger partial charge on any atom is 0.168 e. The predicted octanol–water partition coefficient (Wildman–Crippen LogP) is 2.11. The Hall–Kier alpha value is -0.340. The number of rotatable bonds is 2. The lowest BCUT2D eigenvalue weighted by Crippen LogP contribution is -2.33. The highest BCUT2D eigenvalue weighted by Crippen LogP contribution is 2.23. The second-order valence-electron chi connectivity index (χ2n) is 2.71. The fourth-order valence-corrected chi connectivity index (χ4v) is 1.24. The van der Waals surface area contributed by atoms with Gasteiger partial charge in [-0.3, -0.25) is 0 Å². The van der Waals surface area contributed by atoms with E-state index >= 15 is 0 Å². The molecule has 0 radical (unpaired) electrons.